The molecule has 1 aromatic heterocycles. The zero-order chi connectivity index (χ0) is 18.4. The van der Waals surface area contributed by atoms with Gasteiger partial charge >= 0.3 is 0 Å². The van der Waals surface area contributed by atoms with E-state index >= 15 is 0 Å². The molecule has 148 valence electrons. The molecule has 27 heavy (non-hydrogen) atoms. The number of aromatic nitrogens is 1. The standard InChI is InChI=1S/C20H28N4O2.HI/c1-4-14(5-2)18-12-15(26-24-18)13-22-20(21-3)23-17-10-11-25-19-9-7-6-8-16(17)19;/h6-9,12,14,17H,4-5,10-11,13H2,1-3H3,(H2,21,22,23);1H. The second-order valence-electron chi connectivity index (χ2n) is 6.53. The van der Waals surface area contributed by atoms with Gasteiger partial charge in [-0.1, -0.05) is 37.2 Å². The average Bonchev–Trinajstić information content (AvgIpc) is 3.15. The zero-order valence-corrected chi connectivity index (χ0v) is 18.5. The predicted molar refractivity (Wildman–Crippen MR) is 118 cm³/mol. The minimum absolute atomic E-state index is 0. The Hall–Kier alpha value is -1.77. The summed E-state index contributed by atoms with van der Waals surface area (Å²) in [6, 6.07) is 10.4. The van der Waals surface area contributed by atoms with E-state index in [4.69, 9.17) is 9.26 Å². The molecule has 0 saturated heterocycles. The fraction of sp³-hybridized carbons (Fsp3) is 0.500. The number of aliphatic imine (C=N–C) groups is 1. The van der Waals surface area contributed by atoms with Gasteiger partial charge in [0.15, 0.2) is 11.7 Å². The minimum atomic E-state index is 0. The summed E-state index contributed by atoms with van der Waals surface area (Å²) < 4.78 is 11.2. The first kappa shape index (κ1) is 21.5. The Morgan fingerprint density at radius 2 is 2.07 bits per heavy atom. The molecule has 1 unspecified atom stereocenters. The number of fused-ring (bicyclic) bond motifs is 1. The molecule has 0 spiro atoms. The fourth-order valence-electron chi connectivity index (χ4n) is 3.33. The van der Waals surface area contributed by atoms with Crippen molar-refractivity contribution in [2.45, 2.75) is 51.6 Å². The highest BCUT2D eigenvalue weighted by Gasteiger charge is 2.22. The molecule has 6 nitrogen and oxygen atoms in total. The summed E-state index contributed by atoms with van der Waals surface area (Å²) in [5, 5.41) is 11.0. The summed E-state index contributed by atoms with van der Waals surface area (Å²) in [6.45, 7) is 5.61. The Balaban J connectivity index is 0.00000261. The van der Waals surface area contributed by atoms with Gasteiger partial charge in [-0.15, -0.1) is 24.0 Å². The highest BCUT2D eigenvalue weighted by Crippen LogP contribution is 2.31. The Bertz CT molecular complexity index is 743. The van der Waals surface area contributed by atoms with E-state index in [9.17, 15) is 0 Å². The van der Waals surface area contributed by atoms with Crippen molar-refractivity contribution in [3.05, 3.63) is 47.3 Å². The first-order valence-electron chi connectivity index (χ1n) is 9.39. The van der Waals surface area contributed by atoms with Crippen LogP contribution in [0.25, 0.3) is 0 Å². The number of rotatable bonds is 6. The van der Waals surface area contributed by atoms with Crippen LogP contribution in [-0.4, -0.2) is 24.8 Å². The van der Waals surface area contributed by atoms with Crippen LogP contribution >= 0.6 is 24.0 Å². The van der Waals surface area contributed by atoms with Gasteiger partial charge in [0.25, 0.3) is 0 Å². The Morgan fingerprint density at radius 3 is 2.81 bits per heavy atom. The zero-order valence-electron chi connectivity index (χ0n) is 16.2. The molecule has 1 aliphatic rings. The van der Waals surface area contributed by atoms with Crippen LogP contribution in [0.5, 0.6) is 5.75 Å². The SMILES string of the molecule is CCC(CC)c1cc(CNC(=NC)NC2CCOc3ccccc32)on1.I. The lowest BCUT2D eigenvalue weighted by molar-refractivity contribution is 0.261. The minimum Gasteiger partial charge on any atom is -0.493 e. The number of guanidine groups is 1. The Morgan fingerprint density at radius 1 is 1.30 bits per heavy atom. The number of hydrogen-bond donors (Lipinski definition) is 2. The number of hydrogen-bond acceptors (Lipinski definition) is 4. The third kappa shape index (κ3) is 5.37. The van der Waals surface area contributed by atoms with Gasteiger partial charge in [-0.2, -0.15) is 0 Å². The highest BCUT2D eigenvalue weighted by molar-refractivity contribution is 14.0. The molecule has 7 heteroatoms. The predicted octanol–water partition coefficient (Wildman–Crippen LogP) is 4.39. The molecule has 0 amide bonds. The van der Waals surface area contributed by atoms with Crippen molar-refractivity contribution in [1.29, 1.82) is 0 Å². The maximum Gasteiger partial charge on any atom is 0.191 e. The van der Waals surface area contributed by atoms with Gasteiger partial charge in [-0.25, -0.2) is 0 Å². The number of nitrogens with one attached hydrogen (secondary N) is 2. The van der Waals surface area contributed by atoms with Crippen molar-refractivity contribution < 1.29 is 9.26 Å². The molecular weight excluding hydrogens is 455 g/mol. The number of nitrogens with zero attached hydrogens (tertiary/aromatic N) is 2. The van der Waals surface area contributed by atoms with Crippen molar-refractivity contribution in [3.8, 4) is 5.75 Å². The van der Waals surface area contributed by atoms with Crippen LogP contribution in [-0.2, 0) is 6.54 Å². The van der Waals surface area contributed by atoms with Gasteiger partial charge in [0.2, 0.25) is 0 Å². The molecule has 1 atom stereocenters. The van der Waals surface area contributed by atoms with Crippen molar-refractivity contribution >= 4 is 29.9 Å². The van der Waals surface area contributed by atoms with Crippen molar-refractivity contribution in [3.63, 3.8) is 0 Å². The van der Waals surface area contributed by atoms with Crippen LogP contribution in [0.3, 0.4) is 0 Å². The topological polar surface area (TPSA) is 71.7 Å². The second kappa shape index (κ2) is 10.5. The van der Waals surface area contributed by atoms with E-state index in [0.29, 0.717) is 19.1 Å². The molecule has 0 radical (unpaired) electrons. The van der Waals surface area contributed by atoms with Crippen LogP contribution in [0.2, 0.25) is 0 Å². The van der Waals surface area contributed by atoms with Crippen molar-refractivity contribution in [2.75, 3.05) is 13.7 Å². The lowest BCUT2D eigenvalue weighted by Gasteiger charge is -2.27. The summed E-state index contributed by atoms with van der Waals surface area (Å²) in [5.41, 5.74) is 2.20. The number of halogens is 1. The highest BCUT2D eigenvalue weighted by atomic mass is 127. The van der Waals surface area contributed by atoms with E-state index in [-0.39, 0.29) is 30.0 Å². The van der Waals surface area contributed by atoms with Crippen LogP contribution < -0.4 is 15.4 Å². The number of para-hydroxylation sites is 1. The van der Waals surface area contributed by atoms with Crippen molar-refractivity contribution in [2.24, 2.45) is 4.99 Å². The molecule has 2 aromatic rings. The summed E-state index contributed by atoms with van der Waals surface area (Å²) in [5.74, 6) is 2.97. The third-order valence-corrected chi connectivity index (χ3v) is 4.90. The summed E-state index contributed by atoms with van der Waals surface area (Å²) in [4.78, 5) is 4.34. The van der Waals surface area contributed by atoms with E-state index in [0.717, 1.165) is 48.0 Å². The van der Waals surface area contributed by atoms with E-state index in [1.165, 1.54) is 0 Å². The smallest absolute Gasteiger partial charge is 0.191 e. The van der Waals surface area contributed by atoms with Crippen LogP contribution in [0, 0.1) is 0 Å². The summed E-state index contributed by atoms with van der Waals surface area (Å²) in [6.07, 6.45) is 3.05. The van der Waals surface area contributed by atoms with E-state index in [2.05, 4.69) is 40.7 Å². The van der Waals surface area contributed by atoms with Gasteiger partial charge in [0.1, 0.15) is 5.75 Å². The largest absolute Gasteiger partial charge is 0.493 e. The van der Waals surface area contributed by atoms with Crippen LogP contribution in [0.1, 0.15) is 62.1 Å². The molecule has 0 fully saturated rings. The molecular formula is C20H29IN4O2. The lowest BCUT2D eigenvalue weighted by atomic mass is 9.99. The van der Waals surface area contributed by atoms with E-state index < -0.39 is 0 Å². The first-order chi connectivity index (χ1) is 12.7. The summed E-state index contributed by atoms with van der Waals surface area (Å²) >= 11 is 0. The molecule has 2 N–H and O–H groups in total. The maximum atomic E-state index is 5.72. The second-order valence-corrected chi connectivity index (χ2v) is 6.53. The van der Waals surface area contributed by atoms with Crippen LogP contribution in [0.15, 0.2) is 39.8 Å². The van der Waals surface area contributed by atoms with E-state index in [1.807, 2.05) is 24.3 Å². The normalized spacial score (nSPS) is 16.3. The fourth-order valence-corrected chi connectivity index (χ4v) is 3.33. The van der Waals surface area contributed by atoms with Gasteiger partial charge in [0, 0.05) is 31.0 Å². The Kier molecular flexibility index (Phi) is 8.40. The molecule has 3 rings (SSSR count). The quantitative estimate of drug-likeness (QED) is 0.362. The third-order valence-electron chi connectivity index (χ3n) is 4.90. The first-order valence-corrected chi connectivity index (χ1v) is 9.39. The van der Waals surface area contributed by atoms with Crippen molar-refractivity contribution in [1.82, 2.24) is 15.8 Å². The van der Waals surface area contributed by atoms with Crippen LogP contribution in [0.4, 0.5) is 0 Å². The average molecular weight is 484 g/mol. The lowest BCUT2D eigenvalue weighted by Crippen LogP contribution is -2.40. The van der Waals surface area contributed by atoms with Gasteiger partial charge in [0.05, 0.1) is 24.9 Å². The monoisotopic (exact) mass is 484 g/mol. The van der Waals surface area contributed by atoms with Gasteiger partial charge in [-0.3, -0.25) is 4.99 Å². The molecule has 1 aromatic carbocycles. The molecule has 2 heterocycles. The van der Waals surface area contributed by atoms with Gasteiger partial charge < -0.3 is 19.9 Å². The molecule has 0 bridgehead atoms. The number of benzene rings is 1. The molecule has 1 aliphatic heterocycles. The molecule has 0 saturated carbocycles. The van der Waals surface area contributed by atoms with E-state index in [1.54, 1.807) is 7.05 Å². The Labute approximate surface area is 178 Å². The maximum absolute atomic E-state index is 5.72. The summed E-state index contributed by atoms with van der Waals surface area (Å²) in [7, 11) is 1.77. The van der Waals surface area contributed by atoms with Gasteiger partial charge in [-0.05, 0) is 18.9 Å². The molecule has 0 aliphatic carbocycles. The number of ether oxygens (including phenoxy) is 1.